The molecule has 2 aliphatic heterocycles. The lowest BCUT2D eigenvalue weighted by atomic mass is 9.88. The maximum Gasteiger partial charge on any atom is 0.255 e. The molecule has 1 aliphatic carbocycles. The Hall–Kier alpha value is -1.47. The molecule has 2 unspecified atom stereocenters. The fourth-order valence-corrected chi connectivity index (χ4v) is 5.06. The van der Waals surface area contributed by atoms with Crippen LogP contribution >= 0.6 is 0 Å². The zero-order valence-corrected chi connectivity index (χ0v) is 17.8. The van der Waals surface area contributed by atoms with E-state index in [4.69, 9.17) is 14.2 Å². The Morgan fingerprint density at radius 2 is 1.76 bits per heavy atom. The van der Waals surface area contributed by atoms with Crippen molar-refractivity contribution in [3.8, 4) is 0 Å². The predicted octanol–water partition coefficient (Wildman–Crippen LogP) is 3.85. The first-order chi connectivity index (χ1) is 14.2. The molecule has 162 valence electrons. The van der Waals surface area contributed by atoms with Crippen LogP contribution in [0.3, 0.4) is 0 Å². The van der Waals surface area contributed by atoms with E-state index in [1.807, 2.05) is 6.92 Å². The highest BCUT2D eigenvalue weighted by Crippen LogP contribution is 2.36. The lowest BCUT2D eigenvalue weighted by Gasteiger charge is -2.34. The molecule has 0 spiro atoms. The highest BCUT2D eigenvalue weighted by atomic mass is 16.5. The smallest absolute Gasteiger partial charge is 0.255 e. The van der Waals surface area contributed by atoms with Gasteiger partial charge in [0.2, 0.25) is 5.91 Å². The van der Waals surface area contributed by atoms with Gasteiger partial charge in [-0.05, 0) is 58.5 Å². The molecule has 4 rings (SSSR count). The quantitative estimate of drug-likeness (QED) is 0.751. The summed E-state index contributed by atoms with van der Waals surface area (Å²) >= 11 is 0. The van der Waals surface area contributed by atoms with Gasteiger partial charge in [0, 0.05) is 6.61 Å². The Balaban J connectivity index is 1.52. The average Bonchev–Trinajstić information content (AvgIpc) is 3.30. The topological polar surface area (TPSA) is 80.5 Å². The van der Waals surface area contributed by atoms with Crippen LogP contribution in [0.5, 0.6) is 0 Å². The monoisotopic (exact) mass is 404 g/mol. The Morgan fingerprint density at radius 3 is 2.41 bits per heavy atom. The van der Waals surface area contributed by atoms with Gasteiger partial charge in [0.05, 0.1) is 6.04 Å². The van der Waals surface area contributed by atoms with Gasteiger partial charge < -0.3 is 14.6 Å². The zero-order valence-electron chi connectivity index (χ0n) is 17.8. The predicted molar refractivity (Wildman–Crippen MR) is 109 cm³/mol. The number of hydrogen-bond acceptors (Lipinski definition) is 6. The molecule has 3 aliphatic rings. The van der Waals surface area contributed by atoms with E-state index in [0.717, 1.165) is 58.2 Å². The van der Waals surface area contributed by atoms with E-state index in [1.165, 1.54) is 38.5 Å². The normalized spacial score (nSPS) is 27.1. The summed E-state index contributed by atoms with van der Waals surface area (Å²) in [4.78, 5) is 20.4. The molecule has 2 atom stereocenters. The number of rotatable bonds is 5. The van der Waals surface area contributed by atoms with E-state index in [0.29, 0.717) is 11.7 Å². The van der Waals surface area contributed by atoms with E-state index in [9.17, 15) is 4.79 Å². The number of carbonyl (C=O) groups excluding carboxylic acids is 1. The lowest BCUT2D eigenvalue weighted by Crippen LogP contribution is -2.53. The van der Waals surface area contributed by atoms with Gasteiger partial charge in [0.25, 0.3) is 5.89 Å². The van der Waals surface area contributed by atoms with Crippen LogP contribution in [0.25, 0.3) is 0 Å². The first-order valence-electron chi connectivity index (χ1n) is 11.7. The number of amides is 1. The molecule has 0 aromatic carbocycles. The van der Waals surface area contributed by atoms with Crippen LogP contribution in [0.2, 0.25) is 0 Å². The van der Waals surface area contributed by atoms with Gasteiger partial charge in [-0.25, -0.2) is 0 Å². The Morgan fingerprint density at radius 1 is 1.07 bits per heavy atom. The van der Waals surface area contributed by atoms with Crippen molar-refractivity contribution in [2.45, 2.75) is 102 Å². The fourth-order valence-electron chi connectivity index (χ4n) is 5.06. The number of aromatic nitrogens is 2. The molecular weight excluding hydrogens is 368 g/mol. The van der Waals surface area contributed by atoms with Gasteiger partial charge in [-0.1, -0.05) is 43.7 Å². The average molecular weight is 405 g/mol. The van der Waals surface area contributed by atoms with Crippen molar-refractivity contribution >= 4 is 5.91 Å². The Kier molecular flexibility index (Phi) is 6.85. The number of nitrogens with zero attached hydrogens (tertiary/aromatic N) is 3. The van der Waals surface area contributed by atoms with Gasteiger partial charge in [0.15, 0.2) is 5.82 Å². The molecule has 1 aromatic rings. The van der Waals surface area contributed by atoms with Gasteiger partial charge in [-0.15, -0.1) is 0 Å². The summed E-state index contributed by atoms with van der Waals surface area (Å²) in [7, 11) is 0. The Bertz CT molecular complexity index is 655. The second-order valence-electron chi connectivity index (χ2n) is 9.07. The highest BCUT2D eigenvalue weighted by Gasteiger charge is 2.41. The molecule has 3 heterocycles. The molecule has 1 aromatic heterocycles. The molecule has 3 fully saturated rings. The summed E-state index contributed by atoms with van der Waals surface area (Å²) in [6, 6.07) is -0.127. The lowest BCUT2D eigenvalue weighted by molar-refractivity contribution is -0.128. The summed E-state index contributed by atoms with van der Waals surface area (Å²) in [5.41, 5.74) is -0.520. The second-order valence-corrected chi connectivity index (χ2v) is 9.07. The number of likely N-dealkylation sites (tertiary alicyclic amines) is 1. The van der Waals surface area contributed by atoms with Gasteiger partial charge in [-0.3, -0.25) is 9.69 Å². The number of nitrogens with one attached hydrogen (secondary N) is 1. The van der Waals surface area contributed by atoms with Crippen molar-refractivity contribution in [1.29, 1.82) is 0 Å². The van der Waals surface area contributed by atoms with E-state index in [-0.39, 0.29) is 18.1 Å². The van der Waals surface area contributed by atoms with Crippen molar-refractivity contribution in [2.24, 2.45) is 0 Å². The SMILES string of the molecule is CC(C(=O)NC1(c2noc(C3CCCO3)n2)CCCCCC1)N1CCCCCC1. The van der Waals surface area contributed by atoms with Gasteiger partial charge in [0.1, 0.15) is 11.6 Å². The van der Waals surface area contributed by atoms with Crippen LogP contribution in [0, 0.1) is 0 Å². The molecule has 2 saturated heterocycles. The molecule has 29 heavy (non-hydrogen) atoms. The van der Waals surface area contributed by atoms with E-state index >= 15 is 0 Å². The summed E-state index contributed by atoms with van der Waals surface area (Å²) < 4.78 is 11.3. The maximum atomic E-state index is 13.3. The molecule has 0 radical (unpaired) electrons. The highest BCUT2D eigenvalue weighted by molar-refractivity contribution is 5.82. The third kappa shape index (κ3) is 4.82. The molecule has 1 saturated carbocycles. The molecule has 1 amide bonds. The Labute approximate surface area is 173 Å². The second kappa shape index (κ2) is 9.56. The summed E-state index contributed by atoms with van der Waals surface area (Å²) in [5.74, 6) is 1.30. The molecule has 7 heteroatoms. The standard InChI is InChI=1S/C22H36N4O3/c1-17(26-14-8-4-5-9-15-26)19(27)24-22(12-6-2-3-7-13-22)21-23-20(29-25-21)18-11-10-16-28-18/h17-18H,2-16H2,1H3,(H,24,27). The van der Waals surface area contributed by atoms with Crippen LogP contribution in [-0.4, -0.2) is 46.7 Å². The minimum absolute atomic E-state index is 0.0918. The zero-order chi connectivity index (χ0) is 20.1. The van der Waals surface area contributed by atoms with Crippen molar-refractivity contribution in [3.05, 3.63) is 11.7 Å². The molecule has 7 nitrogen and oxygen atoms in total. The fraction of sp³-hybridized carbons (Fsp3) is 0.864. The summed E-state index contributed by atoms with van der Waals surface area (Å²) in [6.07, 6.45) is 13.0. The molecule has 1 N–H and O–H groups in total. The van der Waals surface area contributed by atoms with Gasteiger partial charge >= 0.3 is 0 Å². The summed E-state index contributed by atoms with van der Waals surface area (Å²) in [6.45, 7) is 4.80. The number of ether oxygens (including phenoxy) is 1. The third-order valence-corrected chi connectivity index (χ3v) is 6.96. The molecule has 0 bridgehead atoms. The molecular formula is C22H36N4O3. The maximum absolute atomic E-state index is 13.3. The summed E-state index contributed by atoms with van der Waals surface area (Å²) in [5, 5.41) is 7.75. The van der Waals surface area contributed by atoms with Crippen molar-refractivity contribution < 1.29 is 14.1 Å². The van der Waals surface area contributed by atoms with Crippen LogP contribution in [0.1, 0.15) is 102 Å². The first-order valence-corrected chi connectivity index (χ1v) is 11.7. The van der Waals surface area contributed by atoms with E-state index in [1.54, 1.807) is 0 Å². The minimum atomic E-state index is -0.520. The third-order valence-electron chi connectivity index (χ3n) is 6.96. The van der Waals surface area contributed by atoms with Crippen molar-refractivity contribution in [1.82, 2.24) is 20.4 Å². The van der Waals surface area contributed by atoms with Crippen LogP contribution < -0.4 is 5.32 Å². The first kappa shape index (κ1) is 20.8. The van der Waals surface area contributed by atoms with Crippen LogP contribution in [-0.2, 0) is 15.1 Å². The van der Waals surface area contributed by atoms with Crippen LogP contribution in [0.4, 0.5) is 0 Å². The van der Waals surface area contributed by atoms with Crippen LogP contribution in [0.15, 0.2) is 4.52 Å². The largest absolute Gasteiger partial charge is 0.368 e. The van der Waals surface area contributed by atoms with Crippen molar-refractivity contribution in [3.63, 3.8) is 0 Å². The van der Waals surface area contributed by atoms with Crippen molar-refractivity contribution in [2.75, 3.05) is 19.7 Å². The number of hydrogen-bond donors (Lipinski definition) is 1. The van der Waals surface area contributed by atoms with E-state index in [2.05, 4.69) is 15.4 Å². The van der Waals surface area contributed by atoms with E-state index < -0.39 is 5.54 Å². The minimum Gasteiger partial charge on any atom is -0.368 e. The number of carbonyl (C=O) groups is 1. The van der Waals surface area contributed by atoms with Gasteiger partial charge in [-0.2, -0.15) is 4.98 Å².